The molecule has 5 heteroatoms. The zero-order valence-electron chi connectivity index (χ0n) is 13.6. The van der Waals surface area contributed by atoms with Gasteiger partial charge in [0.05, 0.1) is 0 Å². The lowest BCUT2D eigenvalue weighted by molar-refractivity contribution is -0.116. The second-order valence-corrected chi connectivity index (χ2v) is 6.53. The number of rotatable bonds is 7. The van der Waals surface area contributed by atoms with Gasteiger partial charge < -0.3 is 10.2 Å². The summed E-state index contributed by atoms with van der Waals surface area (Å²) in [5.74, 6) is 0.0384. The van der Waals surface area contributed by atoms with Crippen molar-refractivity contribution < 1.29 is 4.79 Å². The summed E-state index contributed by atoms with van der Waals surface area (Å²) in [6.07, 6.45) is 5.06. The molecule has 0 spiro atoms. The van der Waals surface area contributed by atoms with Crippen LogP contribution >= 0.6 is 15.9 Å². The van der Waals surface area contributed by atoms with Crippen molar-refractivity contribution in [1.82, 2.24) is 9.88 Å². The molecule has 0 aliphatic rings. The van der Waals surface area contributed by atoms with E-state index in [4.69, 9.17) is 0 Å². The molecular formula is C18H22BrN3O. The van der Waals surface area contributed by atoms with Crippen molar-refractivity contribution in [1.29, 1.82) is 0 Å². The second kappa shape index (κ2) is 8.79. The molecule has 2 rings (SSSR count). The number of likely N-dealkylation sites (N-methyl/N-ethyl adjacent to an activating group) is 1. The molecular weight excluding hydrogens is 354 g/mol. The van der Waals surface area contributed by atoms with Crippen LogP contribution in [-0.4, -0.2) is 35.9 Å². The molecule has 0 fully saturated rings. The van der Waals surface area contributed by atoms with Gasteiger partial charge in [-0.1, -0.05) is 22.0 Å². The molecule has 0 radical (unpaired) electrons. The van der Waals surface area contributed by atoms with Crippen LogP contribution in [0.4, 0.5) is 5.69 Å². The predicted octanol–water partition coefficient (Wildman–Crippen LogP) is 3.66. The van der Waals surface area contributed by atoms with Crippen molar-refractivity contribution >= 4 is 27.5 Å². The summed E-state index contributed by atoms with van der Waals surface area (Å²) < 4.78 is 1.00. The Kier molecular flexibility index (Phi) is 6.74. The Hall–Kier alpha value is -1.72. The number of pyridine rings is 1. The third-order valence-electron chi connectivity index (χ3n) is 3.71. The van der Waals surface area contributed by atoms with E-state index in [9.17, 15) is 4.79 Å². The summed E-state index contributed by atoms with van der Waals surface area (Å²) in [5, 5.41) is 2.94. The summed E-state index contributed by atoms with van der Waals surface area (Å²) >= 11 is 3.48. The molecule has 0 saturated carbocycles. The van der Waals surface area contributed by atoms with Gasteiger partial charge in [-0.05, 0) is 55.8 Å². The number of hydrogen-bond acceptors (Lipinski definition) is 3. The van der Waals surface area contributed by atoms with Gasteiger partial charge in [0, 0.05) is 42.1 Å². The molecule has 0 bridgehead atoms. The number of halogens is 1. The molecule has 1 N–H and O–H groups in total. The maximum Gasteiger partial charge on any atom is 0.225 e. The quantitative estimate of drug-likeness (QED) is 0.802. The molecule has 4 nitrogen and oxygen atoms in total. The molecule has 2 aromatic rings. The van der Waals surface area contributed by atoms with Crippen LogP contribution in [0.1, 0.15) is 17.5 Å². The van der Waals surface area contributed by atoms with Gasteiger partial charge in [-0.2, -0.15) is 0 Å². The SMILES string of the molecule is Cc1ccc(NC(=O)CCN(C)CCc2ccncc2)cc1Br. The fraction of sp³-hybridized carbons (Fsp3) is 0.333. The first-order valence-corrected chi connectivity index (χ1v) is 8.47. The number of aromatic nitrogens is 1. The number of carbonyl (C=O) groups is 1. The van der Waals surface area contributed by atoms with Crippen molar-refractivity contribution in [3.8, 4) is 0 Å². The number of amides is 1. The van der Waals surface area contributed by atoms with Gasteiger partial charge in [0.2, 0.25) is 5.91 Å². The van der Waals surface area contributed by atoms with E-state index in [1.807, 2.05) is 56.7 Å². The topological polar surface area (TPSA) is 45.2 Å². The Morgan fingerprint density at radius 2 is 1.96 bits per heavy atom. The zero-order valence-corrected chi connectivity index (χ0v) is 15.1. The number of nitrogens with one attached hydrogen (secondary N) is 1. The Balaban J connectivity index is 1.72. The highest BCUT2D eigenvalue weighted by molar-refractivity contribution is 9.10. The standard InChI is InChI=1S/C18H22BrN3O/c1-14-3-4-16(13-17(14)19)21-18(23)8-12-22(2)11-7-15-5-9-20-10-6-15/h3-6,9-10,13H,7-8,11-12H2,1-2H3,(H,21,23). The number of anilines is 1. The van der Waals surface area contributed by atoms with Gasteiger partial charge in [-0.3, -0.25) is 9.78 Å². The van der Waals surface area contributed by atoms with Gasteiger partial charge in [-0.15, -0.1) is 0 Å². The number of benzene rings is 1. The molecule has 0 aliphatic carbocycles. The lowest BCUT2D eigenvalue weighted by Crippen LogP contribution is -2.26. The van der Waals surface area contributed by atoms with Gasteiger partial charge in [-0.25, -0.2) is 0 Å². The normalized spacial score (nSPS) is 10.8. The largest absolute Gasteiger partial charge is 0.326 e. The average Bonchev–Trinajstić information content (AvgIpc) is 2.55. The van der Waals surface area contributed by atoms with Gasteiger partial charge in [0.1, 0.15) is 0 Å². The van der Waals surface area contributed by atoms with E-state index < -0.39 is 0 Å². The predicted molar refractivity (Wildman–Crippen MR) is 97.6 cm³/mol. The Morgan fingerprint density at radius 1 is 1.22 bits per heavy atom. The summed E-state index contributed by atoms with van der Waals surface area (Å²) in [6, 6.07) is 9.89. The molecule has 0 atom stereocenters. The van der Waals surface area contributed by atoms with E-state index in [2.05, 4.69) is 31.1 Å². The minimum absolute atomic E-state index is 0.0384. The highest BCUT2D eigenvalue weighted by atomic mass is 79.9. The summed E-state index contributed by atoms with van der Waals surface area (Å²) in [6.45, 7) is 3.69. The van der Waals surface area contributed by atoms with E-state index >= 15 is 0 Å². The Bertz CT molecular complexity index is 646. The number of nitrogens with zero attached hydrogens (tertiary/aromatic N) is 2. The monoisotopic (exact) mass is 375 g/mol. The lowest BCUT2D eigenvalue weighted by Gasteiger charge is -2.16. The molecule has 0 saturated heterocycles. The highest BCUT2D eigenvalue weighted by Gasteiger charge is 2.06. The van der Waals surface area contributed by atoms with Gasteiger partial charge >= 0.3 is 0 Å². The molecule has 1 amide bonds. The van der Waals surface area contributed by atoms with Crippen LogP contribution in [0.25, 0.3) is 0 Å². The van der Waals surface area contributed by atoms with Crippen molar-refractivity contribution in [2.75, 3.05) is 25.5 Å². The fourth-order valence-electron chi connectivity index (χ4n) is 2.17. The molecule has 1 aromatic heterocycles. The Morgan fingerprint density at radius 3 is 2.65 bits per heavy atom. The van der Waals surface area contributed by atoms with Crippen LogP contribution in [-0.2, 0) is 11.2 Å². The third-order valence-corrected chi connectivity index (χ3v) is 4.56. The third kappa shape index (κ3) is 6.12. The van der Waals surface area contributed by atoms with Crippen LogP contribution in [0.3, 0.4) is 0 Å². The number of carbonyl (C=O) groups excluding carboxylic acids is 1. The average molecular weight is 376 g/mol. The first kappa shape index (κ1) is 17.6. The molecule has 0 aliphatic heterocycles. The second-order valence-electron chi connectivity index (χ2n) is 5.67. The minimum Gasteiger partial charge on any atom is -0.326 e. The lowest BCUT2D eigenvalue weighted by atomic mass is 10.2. The summed E-state index contributed by atoms with van der Waals surface area (Å²) in [5.41, 5.74) is 3.24. The molecule has 0 unspecified atom stereocenters. The number of hydrogen-bond donors (Lipinski definition) is 1. The van der Waals surface area contributed by atoms with Crippen LogP contribution < -0.4 is 5.32 Å². The van der Waals surface area contributed by atoms with E-state index in [0.717, 1.165) is 35.2 Å². The van der Waals surface area contributed by atoms with Gasteiger partial charge in [0.25, 0.3) is 0 Å². The summed E-state index contributed by atoms with van der Waals surface area (Å²) in [7, 11) is 2.04. The molecule has 1 aromatic carbocycles. The first-order valence-electron chi connectivity index (χ1n) is 7.68. The van der Waals surface area contributed by atoms with Crippen molar-refractivity contribution in [3.05, 3.63) is 58.3 Å². The van der Waals surface area contributed by atoms with E-state index in [-0.39, 0.29) is 5.91 Å². The van der Waals surface area contributed by atoms with Crippen LogP contribution in [0, 0.1) is 6.92 Å². The van der Waals surface area contributed by atoms with Crippen molar-refractivity contribution in [2.45, 2.75) is 19.8 Å². The van der Waals surface area contributed by atoms with Crippen molar-refractivity contribution in [3.63, 3.8) is 0 Å². The molecule has 1 heterocycles. The van der Waals surface area contributed by atoms with Crippen LogP contribution in [0.2, 0.25) is 0 Å². The first-order chi connectivity index (χ1) is 11.0. The van der Waals surface area contributed by atoms with Gasteiger partial charge in [0.15, 0.2) is 0 Å². The molecule has 122 valence electrons. The smallest absolute Gasteiger partial charge is 0.225 e. The number of aryl methyl sites for hydroxylation is 1. The van der Waals surface area contributed by atoms with E-state index in [0.29, 0.717) is 6.42 Å². The Labute approximate surface area is 146 Å². The van der Waals surface area contributed by atoms with Crippen LogP contribution in [0.5, 0.6) is 0 Å². The maximum atomic E-state index is 12.0. The van der Waals surface area contributed by atoms with E-state index in [1.54, 1.807) is 0 Å². The summed E-state index contributed by atoms with van der Waals surface area (Å²) in [4.78, 5) is 18.2. The maximum absolute atomic E-state index is 12.0. The highest BCUT2D eigenvalue weighted by Crippen LogP contribution is 2.20. The van der Waals surface area contributed by atoms with E-state index in [1.165, 1.54) is 5.56 Å². The fourth-order valence-corrected chi connectivity index (χ4v) is 2.55. The van der Waals surface area contributed by atoms with Crippen LogP contribution in [0.15, 0.2) is 47.2 Å². The molecule has 23 heavy (non-hydrogen) atoms. The zero-order chi connectivity index (χ0) is 16.7. The van der Waals surface area contributed by atoms with Crippen molar-refractivity contribution in [2.24, 2.45) is 0 Å². The minimum atomic E-state index is 0.0384.